The maximum Gasteiger partial charge on any atom is 0.394 e. The fraction of sp³-hybridized carbons (Fsp3) is 0.367. The molecule has 0 spiro atoms. The summed E-state index contributed by atoms with van der Waals surface area (Å²) >= 11 is 0. The van der Waals surface area contributed by atoms with Crippen LogP contribution in [0.15, 0.2) is 66.9 Å². The van der Waals surface area contributed by atoms with Crippen LogP contribution in [0.2, 0.25) is 0 Å². The Kier molecular flexibility index (Phi) is 9.61. The Morgan fingerprint density at radius 2 is 1.46 bits per heavy atom. The van der Waals surface area contributed by atoms with E-state index in [4.69, 9.17) is 9.47 Å². The van der Waals surface area contributed by atoms with Crippen LogP contribution in [0.25, 0.3) is 0 Å². The number of benzene rings is 2. The molecule has 0 saturated carbocycles. The molecule has 1 heterocycles. The van der Waals surface area contributed by atoms with Crippen molar-refractivity contribution < 1.29 is 32.6 Å². The second-order valence-corrected chi connectivity index (χ2v) is 9.66. The third-order valence-electron chi connectivity index (χ3n) is 5.81. The minimum atomic E-state index is -3.26. The molecule has 1 aromatic heterocycles. The predicted molar refractivity (Wildman–Crippen MR) is 144 cm³/mol. The molecule has 0 amide bonds. The Morgan fingerprint density at radius 3 is 1.97 bits per heavy atom. The molecule has 39 heavy (non-hydrogen) atoms. The topological polar surface area (TPSA) is 78.0 Å². The fourth-order valence-electron chi connectivity index (χ4n) is 3.78. The summed E-state index contributed by atoms with van der Waals surface area (Å²) in [7, 11) is 0. The number of carbonyl (C=O) groups excluding carboxylic acids is 2. The van der Waals surface area contributed by atoms with Gasteiger partial charge in [0, 0.05) is 31.8 Å². The van der Waals surface area contributed by atoms with Crippen molar-refractivity contribution in [1.82, 2.24) is 4.98 Å². The van der Waals surface area contributed by atoms with Crippen molar-refractivity contribution in [3.63, 3.8) is 0 Å². The third kappa shape index (κ3) is 9.05. The minimum absolute atomic E-state index is 0.0719. The molecule has 0 aliphatic carbocycles. The zero-order chi connectivity index (χ0) is 28.6. The molecule has 0 saturated heterocycles. The van der Waals surface area contributed by atoms with Crippen LogP contribution >= 0.6 is 0 Å². The first-order valence-corrected chi connectivity index (χ1v) is 12.7. The van der Waals surface area contributed by atoms with E-state index < -0.39 is 17.7 Å². The number of carbonyl (C=O) groups is 2. The Hall–Kier alpha value is -4.01. The molecule has 0 bridgehead atoms. The summed E-state index contributed by atoms with van der Waals surface area (Å²) in [6.45, 7) is 8.58. The van der Waals surface area contributed by atoms with Crippen LogP contribution in [-0.2, 0) is 22.5 Å². The van der Waals surface area contributed by atoms with Gasteiger partial charge in [0.2, 0.25) is 0 Å². The molecule has 0 atom stereocenters. The van der Waals surface area contributed by atoms with Gasteiger partial charge in [0.1, 0.15) is 17.3 Å². The number of hydrogen-bond donors (Lipinski definition) is 0. The molecule has 7 nitrogen and oxygen atoms in total. The van der Waals surface area contributed by atoms with Crippen LogP contribution in [0, 0.1) is 0 Å². The number of ketones is 1. The number of hydrogen-bond acceptors (Lipinski definition) is 7. The molecule has 208 valence electrons. The molecule has 0 aliphatic rings. The molecule has 3 aromatic rings. The quantitative estimate of drug-likeness (QED) is 0.187. The maximum absolute atomic E-state index is 13.2. The highest BCUT2D eigenvalue weighted by Gasteiger charge is 2.31. The van der Waals surface area contributed by atoms with Gasteiger partial charge in [-0.25, -0.2) is 9.78 Å². The lowest BCUT2D eigenvalue weighted by Gasteiger charge is -2.25. The second-order valence-electron chi connectivity index (χ2n) is 9.66. The van der Waals surface area contributed by atoms with E-state index in [2.05, 4.69) is 9.72 Å². The number of Topliss-reactive ketones (excluding diaryl/α,β-unsaturated/α-hetero) is 1. The van der Waals surface area contributed by atoms with Crippen molar-refractivity contribution in [2.45, 2.75) is 59.3 Å². The van der Waals surface area contributed by atoms with E-state index in [1.54, 1.807) is 51.2 Å². The number of esters is 1. The average molecular weight is 541 g/mol. The highest BCUT2D eigenvalue weighted by Crippen LogP contribution is 2.24. The van der Waals surface area contributed by atoms with E-state index >= 15 is 0 Å². The highest BCUT2D eigenvalue weighted by molar-refractivity contribution is 5.93. The molecule has 9 heteroatoms. The Bertz CT molecular complexity index is 1240. The number of pyridine rings is 1. The largest absolute Gasteiger partial charge is 0.476 e. The van der Waals surface area contributed by atoms with E-state index in [-0.39, 0.29) is 18.1 Å². The number of anilines is 1. The number of nitrogens with zero attached hydrogens (tertiary/aromatic N) is 2. The van der Waals surface area contributed by atoms with Gasteiger partial charge >= 0.3 is 12.1 Å². The minimum Gasteiger partial charge on any atom is -0.476 e. The van der Waals surface area contributed by atoms with Gasteiger partial charge in [-0.15, -0.1) is 0 Å². The lowest BCUT2D eigenvalue weighted by Crippen LogP contribution is -2.39. The van der Waals surface area contributed by atoms with Crippen molar-refractivity contribution in [2.24, 2.45) is 0 Å². The van der Waals surface area contributed by atoms with Crippen molar-refractivity contribution >= 4 is 17.6 Å². The molecule has 0 radical (unpaired) electrons. The first kappa shape index (κ1) is 29.5. The van der Waals surface area contributed by atoms with Gasteiger partial charge in [-0.05, 0) is 81.6 Å². The van der Waals surface area contributed by atoms with Crippen LogP contribution in [0.3, 0.4) is 0 Å². The third-order valence-corrected chi connectivity index (χ3v) is 5.81. The molecular weight excluding hydrogens is 506 g/mol. The smallest absolute Gasteiger partial charge is 0.394 e. The summed E-state index contributed by atoms with van der Waals surface area (Å²) < 4.78 is 41.9. The standard InChI is InChI=1S/C30H34F2N2O5/c1-6-37-28(36)29(3,4)38-25-12-7-22(8-13-25)17-18-34(27-16-11-24(19-33-27)21(2)35)20-23-9-14-26(15-10-23)39-30(5,31)32/h7-16,19H,6,17-18,20H2,1-5H3. The molecule has 3 rings (SSSR count). The van der Waals surface area contributed by atoms with Crippen LogP contribution in [0.4, 0.5) is 14.6 Å². The maximum atomic E-state index is 13.2. The van der Waals surface area contributed by atoms with E-state index in [0.29, 0.717) is 43.6 Å². The lowest BCUT2D eigenvalue weighted by molar-refractivity contribution is -0.159. The van der Waals surface area contributed by atoms with Gasteiger partial charge in [-0.1, -0.05) is 24.3 Å². The Morgan fingerprint density at radius 1 is 0.872 bits per heavy atom. The molecule has 0 N–H and O–H groups in total. The Balaban J connectivity index is 1.72. The number of alkyl halides is 2. The number of ether oxygens (including phenoxy) is 3. The fourth-order valence-corrected chi connectivity index (χ4v) is 3.78. The zero-order valence-electron chi connectivity index (χ0n) is 22.9. The predicted octanol–water partition coefficient (Wildman–Crippen LogP) is 6.25. The van der Waals surface area contributed by atoms with Gasteiger partial charge in [0.05, 0.1) is 6.61 Å². The number of rotatable bonds is 13. The van der Waals surface area contributed by atoms with Gasteiger partial charge in [-0.2, -0.15) is 8.78 Å². The molecule has 0 aliphatic heterocycles. The van der Waals surface area contributed by atoms with Crippen LogP contribution in [0.1, 0.15) is 56.1 Å². The summed E-state index contributed by atoms with van der Waals surface area (Å²) in [6.07, 6.45) is -1.05. The van der Waals surface area contributed by atoms with Crippen LogP contribution in [0.5, 0.6) is 11.5 Å². The second kappa shape index (κ2) is 12.7. The molecule has 0 unspecified atom stereocenters. The van der Waals surface area contributed by atoms with E-state index in [1.807, 2.05) is 29.2 Å². The van der Waals surface area contributed by atoms with Crippen LogP contribution in [-0.4, -0.2) is 41.6 Å². The van der Waals surface area contributed by atoms with E-state index in [9.17, 15) is 18.4 Å². The van der Waals surface area contributed by atoms with Gasteiger partial charge in [0.25, 0.3) is 0 Å². The van der Waals surface area contributed by atoms with Gasteiger partial charge in [0.15, 0.2) is 11.4 Å². The summed E-state index contributed by atoms with van der Waals surface area (Å²) in [5, 5.41) is 0. The summed E-state index contributed by atoms with van der Waals surface area (Å²) in [5.74, 6) is 0.801. The lowest BCUT2D eigenvalue weighted by atomic mass is 10.1. The van der Waals surface area contributed by atoms with Crippen LogP contribution < -0.4 is 14.4 Å². The normalized spacial score (nSPS) is 11.6. The van der Waals surface area contributed by atoms with Crippen molar-refractivity contribution in [1.29, 1.82) is 0 Å². The first-order chi connectivity index (χ1) is 18.4. The zero-order valence-corrected chi connectivity index (χ0v) is 22.9. The van der Waals surface area contributed by atoms with E-state index in [1.165, 1.54) is 19.1 Å². The van der Waals surface area contributed by atoms with Crippen molar-refractivity contribution in [2.75, 3.05) is 18.1 Å². The summed E-state index contributed by atoms with van der Waals surface area (Å²) in [5.41, 5.74) is 1.32. The number of halogens is 2. The first-order valence-electron chi connectivity index (χ1n) is 12.7. The Labute approximate surface area is 227 Å². The van der Waals surface area contributed by atoms with Crippen molar-refractivity contribution in [3.8, 4) is 11.5 Å². The molecule has 0 fully saturated rings. The summed E-state index contributed by atoms with van der Waals surface area (Å²) in [6, 6.07) is 17.5. The molecule has 2 aromatic carbocycles. The van der Waals surface area contributed by atoms with Gasteiger partial charge < -0.3 is 19.1 Å². The number of aromatic nitrogens is 1. The highest BCUT2D eigenvalue weighted by atomic mass is 19.3. The monoisotopic (exact) mass is 540 g/mol. The molecular formula is C30H34F2N2O5. The van der Waals surface area contributed by atoms with Crippen molar-refractivity contribution in [3.05, 3.63) is 83.6 Å². The van der Waals surface area contributed by atoms with Gasteiger partial charge in [-0.3, -0.25) is 4.79 Å². The summed E-state index contributed by atoms with van der Waals surface area (Å²) in [4.78, 5) is 30.3. The van der Waals surface area contributed by atoms with E-state index in [0.717, 1.165) is 11.1 Å². The average Bonchev–Trinajstić information content (AvgIpc) is 2.87. The SMILES string of the molecule is CCOC(=O)C(C)(C)Oc1ccc(CCN(Cc2ccc(OC(C)(F)F)cc2)c2ccc(C(C)=O)cn2)cc1.